The molecular weight excluding hydrogens is 346 g/mol. The van der Waals surface area contributed by atoms with Gasteiger partial charge in [0.05, 0.1) is 12.8 Å². The average Bonchev–Trinajstić information content (AvgIpc) is 3.09. The molecule has 162 valence electrons. The standard InChI is InChI=1S/C24H45N3O/c1-5-7-8-9-10-11-12-13-14-15-16-17-18-19-24-25-20-21-27(24,6-2)22(3)26-23(4)28/h13-14,20,22,24H,5-12,15-19,21H2,1-4H3/p+1/b14-13+. The Labute approximate surface area is 174 Å². The fourth-order valence-electron chi connectivity index (χ4n) is 4.40. The van der Waals surface area contributed by atoms with Crippen LogP contribution in [0.25, 0.3) is 0 Å². The molecule has 0 fully saturated rings. The van der Waals surface area contributed by atoms with Crippen LogP contribution in [0.1, 0.15) is 105 Å². The molecule has 0 saturated carbocycles. The minimum Gasteiger partial charge on any atom is -0.307 e. The molecule has 1 amide bonds. The van der Waals surface area contributed by atoms with E-state index in [1.165, 1.54) is 70.6 Å². The monoisotopic (exact) mass is 392 g/mol. The fraction of sp³-hybridized carbons (Fsp3) is 0.833. The van der Waals surface area contributed by atoms with Crippen molar-refractivity contribution in [3.63, 3.8) is 0 Å². The van der Waals surface area contributed by atoms with Gasteiger partial charge in [0.25, 0.3) is 0 Å². The fourth-order valence-corrected chi connectivity index (χ4v) is 4.40. The molecule has 1 aliphatic heterocycles. The third kappa shape index (κ3) is 8.89. The zero-order chi connectivity index (χ0) is 20.7. The zero-order valence-corrected chi connectivity index (χ0v) is 19.1. The lowest BCUT2D eigenvalue weighted by Gasteiger charge is -2.42. The minimum absolute atomic E-state index is 0.0526. The second-order valence-corrected chi connectivity index (χ2v) is 8.46. The number of hydrogen-bond donors (Lipinski definition) is 1. The van der Waals surface area contributed by atoms with E-state index in [0.29, 0.717) is 6.17 Å². The van der Waals surface area contributed by atoms with Gasteiger partial charge in [0.2, 0.25) is 5.91 Å². The Morgan fingerprint density at radius 1 is 1.07 bits per heavy atom. The van der Waals surface area contributed by atoms with Crippen LogP contribution < -0.4 is 5.32 Å². The molecule has 1 heterocycles. The summed E-state index contributed by atoms with van der Waals surface area (Å²) >= 11 is 0. The van der Waals surface area contributed by atoms with Gasteiger partial charge in [-0.05, 0) is 39.0 Å². The Hall–Kier alpha value is -1.16. The van der Waals surface area contributed by atoms with Gasteiger partial charge < -0.3 is 5.32 Å². The third-order valence-corrected chi connectivity index (χ3v) is 6.29. The Morgan fingerprint density at radius 3 is 2.29 bits per heavy atom. The van der Waals surface area contributed by atoms with Crippen molar-refractivity contribution >= 4 is 12.1 Å². The summed E-state index contributed by atoms with van der Waals surface area (Å²) < 4.78 is 0.873. The number of allylic oxidation sites excluding steroid dienone is 2. The van der Waals surface area contributed by atoms with Crippen LogP contribution in [0.2, 0.25) is 0 Å². The molecule has 1 aliphatic rings. The summed E-state index contributed by atoms with van der Waals surface area (Å²) in [7, 11) is 0. The highest BCUT2D eigenvalue weighted by molar-refractivity contribution is 5.73. The van der Waals surface area contributed by atoms with Crippen molar-refractivity contribution in [2.24, 2.45) is 4.99 Å². The van der Waals surface area contributed by atoms with Crippen molar-refractivity contribution in [3.05, 3.63) is 12.2 Å². The maximum Gasteiger partial charge on any atom is 0.221 e. The number of nitrogens with one attached hydrogen (secondary N) is 1. The maximum absolute atomic E-state index is 11.5. The van der Waals surface area contributed by atoms with E-state index in [-0.39, 0.29) is 12.1 Å². The first-order valence-corrected chi connectivity index (χ1v) is 11.9. The minimum atomic E-state index is 0.0526. The van der Waals surface area contributed by atoms with Gasteiger partial charge in [0, 0.05) is 20.3 Å². The molecule has 0 aromatic rings. The molecule has 0 spiro atoms. The number of quaternary nitrogens is 1. The van der Waals surface area contributed by atoms with E-state index in [1.807, 2.05) is 0 Å². The molecule has 0 saturated heterocycles. The van der Waals surface area contributed by atoms with E-state index < -0.39 is 0 Å². The highest BCUT2D eigenvalue weighted by Crippen LogP contribution is 2.27. The third-order valence-electron chi connectivity index (χ3n) is 6.29. The lowest BCUT2D eigenvalue weighted by atomic mass is 10.1. The number of amides is 1. The molecule has 1 rings (SSSR count). The second kappa shape index (κ2) is 14.8. The second-order valence-electron chi connectivity index (χ2n) is 8.46. The SMILES string of the molecule is CCCCCCCC/C=C/CCCCCC1N=CC[N+]1(CC)C(C)NC(C)=O. The summed E-state index contributed by atoms with van der Waals surface area (Å²) in [6, 6.07) is 0. The highest BCUT2D eigenvalue weighted by atomic mass is 16.1. The number of unbranched alkanes of at least 4 members (excludes halogenated alkanes) is 9. The van der Waals surface area contributed by atoms with E-state index in [1.54, 1.807) is 6.92 Å². The quantitative estimate of drug-likeness (QED) is 0.196. The molecule has 1 N–H and O–H groups in total. The number of carbonyl (C=O) groups is 1. The van der Waals surface area contributed by atoms with E-state index in [2.05, 4.69) is 44.5 Å². The van der Waals surface area contributed by atoms with Crippen molar-refractivity contribution in [1.29, 1.82) is 0 Å². The van der Waals surface area contributed by atoms with Crippen LogP contribution in [0.15, 0.2) is 17.1 Å². The van der Waals surface area contributed by atoms with Gasteiger partial charge in [-0.3, -0.25) is 9.28 Å². The van der Waals surface area contributed by atoms with Crippen molar-refractivity contribution in [3.8, 4) is 0 Å². The number of carbonyl (C=O) groups excluding carboxylic acids is 1. The molecule has 0 radical (unpaired) electrons. The van der Waals surface area contributed by atoms with Crippen LogP contribution in [0, 0.1) is 0 Å². The molecular formula is C24H46N3O+. The number of rotatable bonds is 16. The predicted molar refractivity (Wildman–Crippen MR) is 121 cm³/mol. The van der Waals surface area contributed by atoms with Crippen LogP contribution >= 0.6 is 0 Å². The van der Waals surface area contributed by atoms with Crippen molar-refractivity contribution in [1.82, 2.24) is 5.32 Å². The molecule has 3 atom stereocenters. The van der Waals surface area contributed by atoms with Gasteiger partial charge in [0.1, 0.15) is 6.54 Å². The van der Waals surface area contributed by atoms with Gasteiger partial charge in [-0.2, -0.15) is 0 Å². The first-order valence-electron chi connectivity index (χ1n) is 11.9. The van der Waals surface area contributed by atoms with Crippen LogP contribution in [-0.4, -0.2) is 42.0 Å². The van der Waals surface area contributed by atoms with Crippen LogP contribution in [-0.2, 0) is 4.79 Å². The van der Waals surface area contributed by atoms with Crippen LogP contribution in [0.4, 0.5) is 0 Å². The van der Waals surface area contributed by atoms with E-state index in [9.17, 15) is 4.79 Å². The highest BCUT2D eigenvalue weighted by Gasteiger charge is 2.42. The van der Waals surface area contributed by atoms with Gasteiger partial charge in [-0.15, -0.1) is 0 Å². The molecule has 4 heteroatoms. The normalized spacial score (nSPS) is 22.8. The molecule has 0 aliphatic carbocycles. The first kappa shape index (κ1) is 24.9. The molecule has 0 aromatic heterocycles. The summed E-state index contributed by atoms with van der Waals surface area (Å²) in [6.07, 6.45) is 22.9. The summed E-state index contributed by atoms with van der Waals surface area (Å²) in [5.74, 6) is 0.0526. The lowest BCUT2D eigenvalue weighted by molar-refractivity contribution is -0.959. The van der Waals surface area contributed by atoms with Gasteiger partial charge in [-0.25, -0.2) is 4.99 Å². The summed E-state index contributed by atoms with van der Waals surface area (Å²) in [5, 5.41) is 3.10. The Bertz CT molecular complexity index is 474. The van der Waals surface area contributed by atoms with Crippen LogP contribution in [0.5, 0.6) is 0 Å². The van der Waals surface area contributed by atoms with Crippen molar-refractivity contribution in [2.45, 2.75) is 117 Å². The Balaban J connectivity index is 2.15. The van der Waals surface area contributed by atoms with E-state index in [0.717, 1.165) is 24.0 Å². The smallest absolute Gasteiger partial charge is 0.221 e. The summed E-state index contributed by atoms with van der Waals surface area (Å²) in [5.41, 5.74) is 0. The Kier molecular flexibility index (Phi) is 13.1. The maximum atomic E-state index is 11.5. The molecule has 0 aromatic carbocycles. The number of nitrogens with zero attached hydrogens (tertiary/aromatic N) is 2. The molecule has 3 unspecified atom stereocenters. The summed E-state index contributed by atoms with van der Waals surface area (Å²) in [6.45, 7) is 10.2. The average molecular weight is 393 g/mol. The molecule has 4 nitrogen and oxygen atoms in total. The van der Waals surface area contributed by atoms with Gasteiger partial charge >= 0.3 is 0 Å². The number of aliphatic imine (C=N–C) groups is 1. The Morgan fingerprint density at radius 2 is 1.68 bits per heavy atom. The lowest BCUT2D eigenvalue weighted by Crippen LogP contribution is -2.63. The van der Waals surface area contributed by atoms with E-state index >= 15 is 0 Å². The van der Waals surface area contributed by atoms with Crippen LogP contribution in [0.3, 0.4) is 0 Å². The predicted octanol–water partition coefficient (Wildman–Crippen LogP) is 5.97. The topological polar surface area (TPSA) is 41.5 Å². The van der Waals surface area contributed by atoms with E-state index in [4.69, 9.17) is 4.99 Å². The number of hydrogen-bond acceptors (Lipinski definition) is 2. The van der Waals surface area contributed by atoms with Gasteiger partial charge in [0.15, 0.2) is 12.3 Å². The van der Waals surface area contributed by atoms with Gasteiger partial charge in [-0.1, -0.05) is 57.6 Å². The summed E-state index contributed by atoms with van der Waals surface area (Å²) in [4.78, 5) is 16.3. The molecule has 0 bridgehead atoms. The molecule has 28 heavy (non-hydrogen) atoms. The van der Waals surface area contributed by atoms with Crippen molar-refractivity contribution < 1.29 is 9.28 Å². The largest absolute Gasteiger partial charge is 0.307 e. The zero-order valence-electron chi connectivity index (χ0n) is 19.1. The first-order chi connectivity index (χ1) is 13.6. The van der Waals surface area contributed by atoms with Crippen molar-refractivity contribution in [2.75, 3.05) is 13.1 Å².